The monoisotopic (exact) mass is 291 g/mol. The van der Waals surface area contributed by atoms with Crippen molar-refractivity contribution < 1.29 is 14.7 Å². The van der Waals surface area contributed by atoms with Crippen LogP contribution in [0, 0.1) is 12.8 Å². The molecule has 0 saturated carbocycles. The number of aromatic nitrogens is 1. The molecule has 2 amide bonds. The van der Waals surface area contributed by atoms with Crippen molar-refractivity contribution in [3.63, 3.8) is 0 Å². The van der Waals surface area contributed by atoms with Gasteiger partial charge in [0.25, 0.3) is 0 Å². The molecule has 1 aliphatic rings. The van der Waals surface area contributed by atoms with E-state index in [2.05, 4.69) is 10.3 Å². The van der Waals surface area contributed by atoms with Gasteiger partial charge >= 0.3 is 12.0 Å². The number of carboxylic acids is 1. The molecular formula is C15H21N3O3. The van der Waals surface area contributed by atoms with E-state index in [1.165, 1.54) is 0 Å². The molecule has 0 aromatic carbocycles. The van der Waals surface area contributed by atoms with E-state index in [9.17, 15) is 9.59 Å². The number of aryl methyl sites for hydroxylation is 1. The maximum atomic E-state index is 12.1. The Morgan fingerprint density at radius 1 is 1.52 bits per heavy atom. The molecular weight excluding hydrogens is 270 g/mol. The number of nitrogens with zero attached hydrogens (tertiary/aromatic N) is 2. The van der Waals surface area contributed by atoms with Crippen LogP contribution in [0.3, 0.4) is 0 Å². The van der Waals surface area contributed by atoms with Crippen molar-refractivity contribution in [1.29, 1.82) is 0 Å². The van der Waals surface area contributed by atoms with E-state index in [-0.39, 0.29) is 12.5 Å². The van der Waals surface area contributed by atoms with Crippen LogP contribution in [0.15, 0.2) is 18.3 Å². The zero-order valence-corrected chi connectivity index (χ0v) is 12.2. The maximum Gasteiger partial charge on any atom is 0.317 e. The van der Waals surface area contributed by atoms with Crippen LogP contribution in [0.2, 0.25) is 0 Å². The third kappa shape index (κ3) is 4.44. The number of pyridine rings is 1. The van der Waals surface area contributed by atoms with Crippen LogP contribution < -0.4 is 5.32 Å². The van der Waals surface area contributed by atoms with Crippen LogP contribution in [-0.4, -0.2) is 40.1 Å². The highest BCUT2D eigenvalue weighted by molar-refractivity contribution is 5.74. The Balaban J connectivity index is 1.77. The van der Waals surface area contributed by atoms with Gasteiger partial charge in [-0.3, -0.25) is 9.78 Å². The molecule has 1 fully saturated rings. The molecule has 1 atom stereocenters. The van der Waals surface area contributed by atoms with Gasteiger partial charge in [-0.25, -0.2) is 4.79 Å². The van der Waals surface area contributed by atoms with Crippen LogP contribution in [0.5, 0.6) is 0 Å². The minimum atomic E-state index is -0.775. The molecule has 2 N–H and O–H groups in total. The van der Waals surface area contributed by atoms with Crippen molar-refractivity contribution in [1.82, 2.24) is 15.2 Å². The second kappa shape index (κ2) is 7.06. The third-order valence-corrected chi connectivity index (χ3v) is 3.86. The molecule has 1 aliphatic heterocycles. The molecule has 6 nitrogen and oxygen atoms in total. The molecule has 1 aromatic rings. The number of carbonyl (C=O) groups is 2. The first-order valence-electron chi connectivity index (χ1n) is 7.21. The summed E-state index contributed by atoms with van der Waals surface area (Å²) in [6.07, 6.45) is 3.40. The van der Waals surface area contributed by atoms with Gasteiger partial charge < -0.3 is 15.3 Å². The largest absolute Gasteiger partial charge is 0.481 e. The lowest BCUT2D eigenvalue weighted by Gasteiger charge is -2.17. The smallest absolute Gasteiger partial charge is 0.317 e. The van der Waals surface area contributed by atoms with Crippen LogP contribution in [0.4, 0.5) is 4.79 Å². The van der Waals surface area contributed by atoms with E-state index in [0.29, 0.717) is 32.0 Å². The Labute approximate surface area is 124 Å². The first kappa shape index (κ1) is 15.3. The summed E-state index contributed by atoms with van der Waals surface area (Å²) in [4.78, 5) is 28.6. The highest BCUT2D eigenvalue weighted by Crippen LogP contribution is 2.21. The number of amides is 2. The van der Waals surface area contributed by atoms with E-state index < -0.39 is 5.97 Å². The maximum absolute atomic E-state index is 12.1. The fraction of sp³-hybridized carbons (Fsp3) is 0.533. The minimum Gasteiger partial charge on any atom is -0.481 e. The lowest BCUT2D eigenvalue weighted by atomic mass is 10.0. The normalized spacial score (nSPS) is 17.8. The van der Waals surface area contributed by atoms with Gasteiger partial charge in [-0.15, -0.1) is 0 Å². The highest BCUT2D eigenvalue weighted by Gasteiger charge is 2.26. The number of carbonyl (C=O) groups excluding carboxylic acids is 1. The van der Waals surface area contributed by atoms with Gasteiger partial charge in [0.15, 0.2) is 0 Å². The zero-order chi connectivity index (χ0) is 15.2. The number of carboxylic acid groups (broad SMARTS) is 1. The Hall–Kier alpha value is -2.11. The number of rotatable bonds is 5. The molecule has 0 spiro atoms. The van der Waals surface area contributed by atoms with Gasteiger partial charge in [-0.2, -0.15) is 0 Å². The van der Waals surface area contributed by atoms with Crippen LogP contribution in [0.1, 0.15) is 30.5 Å². The van der Waals surface area contributed by atoms with Crippen LogP contribution in [-0.2, 0) is 11.3 Å². The summed E-state index contributed by atoms with van der Waals surface area (Å²) < 4.78 is 0. The summed E-state index contributed by atoms with van der Waals surface area (Å²) >= 11 is 0. The topological polar surface area (TPSA) is 82.5 Å². The Morgan fingerprint density at radius 3 is 3.05 bits per heavy atom. The fourth-order valence-electron chi connectivity index (χ4n) is 2.55. The Kier molecular flexibility index (Phi) is 5.14. The number of likely N-dealkylation sites (tertiary alicyclic amines) is 1. The fourth-order valence-corrected chi connectivity index (χ4v) is 2.55. The van der Waals surface area contributed by atoms with Crippen LogP contribution >= 0.6 is 0 Å². The second-order valence-electron chi connectivity index (χ2n) is 5.46. The number of nitrogens with one attached hydrogen (secondary N) is 1. The van der Waals surface area contributed by atoms with E-state index in [1.807, 2.05) is 19.1 Å². The summed E-state index contributed by atoms with van der Waals surface area (Å²) in [6, 6.07) is 3.73. The highest BCUT2D eigenvalue weighted by atomic mass is 16.4. The first-order chi connectivity index (χ1) is 10.1. The van der Waals surface area contributed by atoms with Gasteiger partial charge in [-0.1, -0.05) is 6.07 Å². The van der Waals surface area contributed by atoms with Crippen molar-refractivity contribution in [2.45, 2.75) is 32.7 Å². The van der Waals surface area contributed by atoms with Crippen LogP contribution in [0.25, 0.3) is 0 Å². The van der Waals surface area contributed by atoms with Crippen molar-refractivity contribution in [3.8, 4) is 0 Å². The predicted molar refractivity (Wildman–Crippen MR) is 77.8 cm³/mol. The number of hydrogen-bond acceptors (Lipinski definition) is 3. The van der Waals surface area contributed by atoms with Gasteiger partial charge in [0.05, 0.1) is 12.2 Å². The third-order valence-electron chi connectivity index (χ3n) is 3.86. The zero-order valence-electron chi connectivity index (χ0n) is 12.2. The number of urea groups is 1. The molecule has 0 aliphatic carbocycles. The molecule has 1 unspecified atom stereocenters. The van der Waals surface area contributed by atoms with Gasteiger partial charge in [0.2, 0.25) is 0 Å². The molecule has 0 radical (unpaired) electrons. The lowest BCUT2D eigenvalue weighted by Crippen LogP contribution is -2.38. The summed E-state index contributed by atoms with van der Waals surface area (Å²) in [5.74, 6) is -0.480. The lowest BCUT2D eigenvalue weighted by molar-refractivity contribution is -0.137. The average molecular weight is 291 g/mol. The summed E-state index contributed by atoms with van der Waals surface area (Å²) in [5, 5.41) is 11.6. The number of aliphatic carboxylic acids is 1. The van der Waals surface area contributed by atoms with Crippen molar-refractivity contribution in [2.24, 2.45) is 5.92 Å². The van der Waals surface area contributed by atoms with Gasteiger partial charge in [0.1, 0.15) is 0 Å². The molecule has 21 heavy (non-hydrogen) atoms. The standard InChI is InChI=1S/C15H21N3O3/c1-11-3-2-7-16-13(11)9-17-15(21)18-8-6-12(10-18)4-5-14(19)20/h2-3,7,12H,4-6,8-10H2,1H3,(H,17,21)(H,19,20). The first-order valence-corrected chi connectivity index (χ1v) is 7.21. The van der Waals surface area contributed by atoms with Crippen molar-refractivity contribution in [3.05, 3.63) is 29.6 Å². The average Bonchev–Trinajstić information content (AvgIpc) is 2.93. The quantitative estimate of drug-likeness (QED) is 0.866. The van der Waals surface area contributed by atoms with E-state index in [4.69, 9.17) is 5.11 Å². The summed E-state index contributed by atoms with van der Waals surface area (Å²) in [7, 11) is 0. The van der Waals surface area contributed by atoms with E-state index in [0.717, 1.165) is 17.7 Å². The molecule has 1 aromatic heterocycles. The SMILES string of the molecule is Cc1cccnc1CNC(=O)N1CCC(CCC(=O)O)C1. The van der Waals surface area contributed by atoms with E-state index >= 15 is 0 Å². The van der Waals surface area contributed by atoms with Crippen molar-refractivity contribution in [2.75, 3.05) is 13.1 Å². The summed E-state index contributed by atoms with van der Waals surface area (Å²) in [6.45, 7) is 3.71. The summed E-state index contributed by atoms with van der Waals surface area (Å²) in [5.41, 5.74) is 1.92. The van der Waals surface area contributed by atoms with Crippen molar-refractivity contribution >= 4 is 12.0 Å². The minimum absolute atomic E-state index is 0.0992. The number of hydrogen-bond donors (Lipinski definition) is 2. The molecule has 2 rings (SSSR count). The van der Waals surface area contributed by atoms with Gasteiger partial charge in [0, 0.05) is 25.7 Å². The Morgan fingerprint density at radius 2 is 2.33 bits per heavy atom. The molecule has 0 bridgehead atoms. The molecule has 1 saturated heterocycles. The molecule has 6 heteroatoms. The Bertz CT molecular complexity index is 519. The molecule has 114 valence electrons. The predicted octanol–water partition coefficient (Wildman–Crippen LogP) is 1.79. The van der Waals surface area contributed by atoms with Gasteiger partial charge in [-0.05, 0) is 37.3 Å². The van der Waals surface area contributed by atoms with E-state index in [1.54, 1.807) is 11.1 Å². The molecule has 2 heterocycles. The second-order valence-corrected chi connectivity index (χ2v) is 5.46.